The molecule has 0 bridgehead atoms. The summed E-state index contributed by atoms with van der Waals surface area (Å²) in [6.07, 6.45) is -4.22. The third kappa shape index (κ3) is 4.49. The number of para-hydroxylation sites is 1. The van der Waals surface area contributed by atoms with Crippen molar-refractivity contribution in [2.75, 3.05) is 11.9 Å². The van der Waals surface area contributed by atoms with Gasteiger partial charge < -0.3 is 10.6 Å². The lowest BCUT2D eigenvalue weighted by atomic mass is 10.0. The second-order valence-electron chi connectivity index (χ2n) is 6.15. The normalized spacial score (nSPS) is 17.8. The Labute approximate surface area is 142 Å². The lowest BCUT2D eigenvalue weighted by molar-refractivity contribution is -0.137. The van der Waals surface area contributed by atoms with Gasteiger partial charge in [-0.05, 0) is 24.5 Å². The standard InChI is InChI=1S/C16H18F3N3O3/c1-9(2)7-12-14(24)22(15(25)21-12)8-13(23)20-11-6-4-3-5-10(11)16(17,18)19/h3-6,9,12H,7-8H2,1-2H3,(H,20,23)(H,21,25). The zero-order chi connectivity index (χ0) is 18.8. The minimum Gasteiger partial charge on any atom is -0.326 e. The third-order valence-electron chi connectivity index (χ3n) is 3.62. The molecule has 25 heavy (non-hydrogen) atoms. The van der Waals surface area contributed by atoms with Crippen LogP contribution in [0.4, 0.5) is 23.7 Å². The van der Waals surface area contributed by atoms with Gasteiger partial charge in [0.15, 0.2) is 0 Å². The Morgan fingerprint density at radius 3 is 2.52 bits per heavy atom. The number of benzene rings is 1. The molecule has 1 aliphatic heterocycles. The first kappa shape index (κ1) is 18.8. The van der Waals surface area contributed by atoms with Crippen LogP contribution in [-0.2, 0) is 15.8 Å². The molecule has 9 heteroatoms. The Morgan fingerprint density at radius 2 is 1.92 bits per heavy atom. The van der Waals surface area contributed by atoms with Crippen molar-refractivity contribution in [2.24, 2.45) is 5.92 Å². The van der Waals surface area contributed by atoms with Crippen molar-refractivity contribution < 1.29 is 27.6 Å². The van der Waals surface area contributed by atoms with Crippen molar-refractivity contribution in [3.05, 3.63) is 29.8 Å². The molecule has 1 aromatic carbocycles. The summed E-state index contributed by atoms with van der Waals surface area (Å²) >= 11 is 0. The van der Waals surface area contributed by atoms with E-state index in [1.54, 1.807) is 0 Å². The number of nitrogens with zero attached hydrogens (tertiary/aromatic N) is 1. The Kier molecular flexibility index (Phi) is 5.34. The minimum absolute atomic E-state index is 0.154. The molecule has 1 saturated heterocycles. The number of carbonyl (C=O) groups is 3. The number of nitrogens with one attached hydrogen (secondary N) is 2. The van der Waals surface area contributed by atoms with Gasteiger partial charge in [-0.15, -0.1) is 0 Å². The van der Waals surface area contributed by atoms with Gasteiger partial charge in [0.2, 0.25) is 5.91 Å². The van der Waals surface area contributed by atoms with E-state index in [1.807, 2.05) is 13.8 Å². The molecule has 1 aromatic rings. The summed E-state index contributed by atoms with van der Waals surface area (Å²) in [5, 5.41) is 4.58. The molecular weight excluding hydrogens is 339 g/mol. The zero-order valence-corrected chi connectivity index (χ0v) is 13.7. The topological polar surface area (TPSA) is 78.5 Å². The number of imide groups is 1. The predicted octanol–water partition coefficient (Wildman–Crippen LogP) is 2.61. The molecule has 136 valence electrons. The first-order valence-corrected chi connectivity index (χ1v) is 7.67. The van der Waals surface area contributed by atoms with E-state index in [1.165, 1.54) is 12.1 Å². The van der Waals surface area contributed by atoms with Gasteiger partial charge in [-0.2, -0.15) is 13.2 Å². The molecule has 6 nitrogen and oxygen atoms in total. The predicted molar refractivity (Wildman–Crippen MR) is 83.6 cm³/mol. The van der Waals surface area contributed by atoms with Crippen LogP contribution < -0.4 is 10.6 Å². The minimum atomic E-state index is -4.63. The van der Waals surface area contributed by atoms with Gasteiger partial charge in [0.25, 0.3) is 5.91 Å². The lowest BCUT2D eigenvalue weighted by Crippen LogP contribution is -2.38. The summed E-state index contributed by atoms with van der Waals surface area (Å²) in [6, 6.07) is 3.04. The molecule has 1 atom stereocenters. The highest BCUT2D eigenvalue weighted by atomic mass is 19.4. The zero-order valence-electron chi connectivity index (χ0n) is 13.7. The molecule has 0 radical (unpaired) electrons. The van der Waals surface area contributed by atoms with E-state index in [9.17, 15) is 27.6 Å². The number of alkyl halides is 3. The second-order valence-corrected chi connectivity index (χ2v) is 6.15. The number of carbonyl (C=O) groups excluding carboxylic acids is 3. The molecule has 1 heterocycles. The molecule has 0 aliphatic carbocycles. The van der Waals surface area contributed by atoms with E-state index in [0.717, 1.165) is 12.1 Å². The first-order valence-electron chi connectivity index (χ1n) is 7.67. The van der Waals surface area contributed by atoms with Crippen LogP contribution in [0.3, 0.4) is 0 Å². The second kappa shape index (κ2) is 7.12. The first-order chi connectivity index (χ1) is 11.6. The third-order valence-corrected chi connectivity index (χ3v) is 3.62. The summed E-state index contributed by atoms with van der Waals surface area (Å²) in [4.78, 5) is 36.7. The quantitative estimate of drug-likeness (QED) is 0.795. The Morgan fingerprint density at radius 1 is 1.28 bits per heavy atom. The van der Waals surface area contributed by atoms with Crippen molar-refractivity contribution in [1.29, 1.82) is 0 Å². The van der Waals surface area contributed by atoms with E-state index < -0.39 is 47.9 Å². The average molecular weight is 357 g/mol. The van der Waals surface area contributed by atoms with Crippen molar-refractivity contribution in [3.63, 3.8) is 0 Å². The van der Waals surface area contributed by atoms with Crippen LogP contribution in [0.5, 0.6) is 0 Å². The summed E-state index contributed by atoms with van der Waals surface area (Å²) < 4.78 is 38.8. The lowest BCUT2D eigenvalue weighted by Gasteiger charge is -2.16. The number of halogens is 3. The summed E-state index contributed by atoms with van der Waals surface area (Å²) in [6.45, 7) is 3.11. The van der Waals surface area contributed by atoms with Gasteiger partial charge in [0, 0.05) is 0 Å². The fraction of sp³-hybridized carbons (Fsp3) is 0.438. The molecule has 0 spiro atoms. The van der Waals surface area contributed by atoms with E-state index in [0.29, 0.717) is 11.3 Å². The van der Waals surface area contributed by atoms with Crippen molar-refractivity contribution >= 4 is 23.5 Å². The van der Waals surface area contributed by atoms with Crippen LogP contribution in [0.15, 0.2) is 24.3 Å². The highest BCUT2D eigenvalue weighted by Gasteiger charge is 2.39. The maximum Gasteiger partial charge on any atom is 0.418 e. The summed E-state index contributed by atoms with van der Waals surface area (Å²) in [5.74, 6) is -1.29. The van der Waals surface area contributed by atoms with Crippen LogP contribution in [0, 0.1) is 5.92 Å². The largest absolute Gasteiger partial charge is 0.418 e. The summed E-state index contributed by atoms with van der Waals surface area (Å²) in [5.41, 5.74) is -1.43. The van der Waals surface area contributed by atoms with E-state index in [2.05, 4.69) is 10.6 Å². The van der Waals surface area contributed by atoms with Gasteiger partial charge in [0.05, 0.1) is 11.3 Å². The van der Waals surface area contributed by atoms with Crippen LogP contribution in [0.25, 0.3) is 0 Å². The fourth-order valence-corrected chi connectivity index (χ4v) is 2.53. The Balaban J connectivity index is 2.06. The van der Waals surface area contributed by atoms with Crippen molar-refractivity contribution in [3.8, 4) is 0 Å². The molecule has 1 unspecified atom stereocenters. The Bertz CT molecular complexity index is 689. The monoisotopic (exact) mass is 357 g/mol. The molecule has 2 rings (SSSR count). The maximum absolute atomic E-state index is 12.9. The van der Waals surface area contributed by atoms with Gasteiger partial charge in [-0.25, -0.2) is 4.79 Å². The van der Waals surface area contributed by atoms with Gasteiger partial charge in [-0.1, -0.05) is 26.0 Å². The molecule has 2 N–H and O–H groups in total. The average Bonchev–Trinajstić information content (AvgIpc) is 2.73. The fourth-order valence-electron chi connectivity index (χ4n) is 2.53. The van der Waals surface area contributed by atoms with Crippen LogP contribution >= 0.6 is 0 Å². The van der Waals surface area contributed by atoms with Crippen LogP contribution in [0.1, 0.15) is 25.8 Å². The van der Waals surface area contributed by atoms with Crippen LogP contribution in [-0.4, -0.2) is 35.3 Å². The number of hydrogen-bond acceptors (Lipinski definition) is 3. The van der Waals surface area contributed by atoms with E-state index in [-0.39, 0.29) is 5.92 Å². The number of urea groups is 1. The van der Waals surface area contributed by atoms with E-state index in [4.69, 9.17) is 0 Å². The molecule has 0 aromatic heterocycles. The Hall–Kier alpha value is -2.58. The molecule has 1 fully saturated rings. The van der Waals surface area contributed by atoms with Gasteiger partial charge >= 0.3 is 12.2 Å². The molecule has 1 aliphatic rings. The number of rotatable bonds is 5. The van der Waals surface area contributed by atoms with Crippen LogP contribution in [0.2, 0.25) is 0 Å². The number of amides is 4. The molecule has 0 saturated carbocycles. The molecular formula is C16H18F3N3O3. The highest BCUT2D eigenvalue weighted by Crippen LogP contribution is 2.34. The smallest absolute Gasteiger partial charge is 0.326 e. The SMILES string of the molecule is CC(C)CC1NC(=O)N(CC(=O)Nc2ccccc2C(F)(F)F)C1=O. The molecule has 4 amide bonds. The van der Waals surface area contributed by atoms with Crippen molar-refractivity contribution in [1.82, 2.24) is 10.2 Å². The van der Waals surface area contributed by atoms with E-state index >= 15 is 0 Å². The number of hydrogen-bond donors (Lipinski definition) is 2. The maximum atomic E-state index is 12.9. The highest BCUT2D eigenvalue weighted by molar-refractivity contribution is 6.08. The number of anilines is 1. The summed E-state index contributed by atoms with van der Waals surface area (Å²) in [7, 11) is 0. The van der Waals surface area contributed by atoms with Gasteiger partial charge in [-0.3, -0.25) is 14.5 Å². The van der Waals surface area contributed by atoms with Gasteiger partial charge in [0.1, 0.15) is 12.6 Å². The van der Waals surface area contributed by atoms with Crippen molar-refractivity contribution in [2.45, 2.75) is 32.5 Å².